The fourth-order valence-electron chi connectivity index (χ4n) is 2.32. The minimum Gasteiger partial charge on any atom is -0.480 e. The van der Waals surface area contributed by atoms with E-state index >= 15 is 0 Å². The average Bonchev–Trinajstić information content (AvgIpc) is 2.65. The van der Waals surface area contributed by atoms with Gasteiger partial charge < -0.3 is 15.4 Å². The molecule has 2 aromatic rings. The molecule has 0 aromatic heterocycles. The number of hydrogen-bond acceptors (Lipinski definition) is 3. The number of para-hydroxylation sites is 1. The number of nitrogens with one attached hydrogen (secondary N) is 2. The van der Waals surface area contributed by atoms with E-state index in [2.05, 4.69) is 10.6 Å². The lowest BCUT2D eigenvalue weighted by Gasteiger charge is -2.17. The van der Waals surface area contributed by atoms with Crippen LogP contribution in [0.1, 0.15) is 36.7 Å². The largest absolute Gasteiger partial charge is 0.480 e. The molecule has 5 heteroatoms. The third-order valence-corrected chi connectivity index (χ3v) is 3.79. The summed E-state index contributed by atoms with van der Waals surface area (Å²) in [5, 5.41) is 5.71. The molecule has 0 aliphatic heterocycles. The Balaban J connectivity index is 2.00. The van der Waals surface area contributed by atoms with E-state index in [1.807, 2.05) is 44.2 Å². The minimum absolute atomic E-state index is 0.196. The van der Waals surface area contributed by atoms with Crippen LogP contribution >= 0.6 is 0 Å². The molecule has 2 N–H and O–H groups in total. The fourth-order valence-corrected chi connectivity index (χ4v) is 2.32. The Bertz CT molecular complexity index is 729. The molecule has 0 unspecified atom stereocenters. The van der Waals surface area contributed by atoms with Crippen LogP contribution in [0.15, 0.2) is 54.6 Å². The number of rotatable bonds is 8. The predicted octanol–water partition coefficient (Wildman–Crippen LogP) is 3.16. The third kappa shape index (κ3) is 5.92. The average molecular weight is 354 g/mol. The molecule has 1 atom stereocenters. The summed E-state index contributed by atoms with van der Waals surface area (Å²) >= 11 is 0. The molecule has 0 fully saturated rings. The first kappa shape index (κ1) is 19.5. The van der Waals surface area contributed by atoms with E-state index in [0.717, 1.165) is 5.56 Å². The summed E-state index contributed by atoms with van der Waals surface area (Å²) in [6.07, 6.45) is -0.683. The van der Waals surface area contributed by atoms with Crippen LogP contribution in [0, 0.1) is 5.92 Å². The maximum Gasteiger partial charge on any atom is 0.260 e. The molecule has 2 aromatic carbocycles. The molecule has 0 aliphatic carbocycles. The fraction of sp³-hybridized carbons (Fsp3) is 0.333. The second-order valence-electron chi connectivity index (χ2n) is 6.56. The summed E-state index contributed by atoms with van der Waals surface area (Å²) in [7, 11) is 0. The molecule has 0 bridgehead atoms. The number of ether oxygens (including phenoxy) is 1. The summed E-state index contributed by atoms with van der Waals surface area (Å²) in [5.74, 6) is 0.324. The van der Waals surface area contributed by atoms with E-state index in [4.69, 9.17) is 4.74 Å². The van der Waals surface area contributed by atoms with E-state index in [-0.39, 0.29) is 11.8 Å². The van der Waals surface area contributed by atoms with Crippen LogP contribution in [0.3, 0.4) is 0 Å². The molecule has 0 aliphatic rings. The molecule has 0 heterocycles. The summed E-state index contributed by atoms with van der Waals surface area (Å²) in [5.41, 5.74) is 1.42. The zero-order valence-corrected chi connectivity index (χ0v) is 15.5. The minimum atomic E-state index is -0.683. The highest BCUT2D eigenvalue weighted by Crippen LogP contribution is 2.19. The lowest BCUT2D eigenvalue weighted by molar-refractivity contribution is -0.127. The van der Waals surface area contributed by atoms with Crippen molar-refractivity contribution in [3.63, 3.8) is 0 Å². The van der Waals surface area contributed by atoms with Crippen LogP contribution in [-0.4, -0.2) is 24.5 Å². The molecule has 5 nitrogen and oxygen atoms in total. The maximum absolute atomic E-state index is 12.5. The summed E-state index contributed by atoms with van der Waals surface area (Å²) in [6, 6.07) is 16.6. The van der Waals surface area contributed by atoms with Crippen molar-refractivity contribution < 1.29 is 14.3 Å². The number of carbonyl (C=O) groups is 2. The van der Waals surface area contributed by atoms with Crippen molar-refractivity contribution in [3.8, 4) is 5.75 Å². The van der Waals surface area contributed by atoms with Gasteiger partial charge in [0.25, 0.3) is 11.8 Å². The van der Waals surface area contributed by atoms with Gasteiger partial charge in [0.2, 0.25) is 0 Å². The second-order valence-corrected chi connectivity index (χ2v) is 6.56. The summed E-state index contributed by atoms with van der Waals surface area (Å²) < 4.78 is 5.74. The van der Waals surface area contributed by atoms with Gasteiger partial charge in [-0.05, 0) is 30.5 Å². The van der Waals surface area contributed by atoms with Gasteiger partial charge in [-0.3, -0.25) is 9.59 Å². The van der Waals surface area contributed by atoms with Crippen LogP contribution in [0.5, 0.6) is 5.75 Å². The number of benzene rings is 2. The molecule has 2 amide bonds. The quantitative estimate of drug-likeness (QED) is 0.765. The second kappa shape index (κ2) is 9.61. The molecule has 0 radical (unpaired) electrons. The lowest BCUT2D eigenvalue weighted by Crippen LogP contribution is -2.38. The maximum atomic E-state index is 12.5. The SMILES string of the molecule is CC(C)CNC(=O)[C@H](C)Oc1ccccc1C(=O)NCc1ccccc1. The first-order valence-electron chi connectivity index (χ1n) is 8.83. The van der Waals surface area contributed by atoms with Crippen LogP contribution in [-0.2, 0) is 11.3 Å². The van der Waals surface area contributed by atoms with Crippen LogP contribution in [0.25, 0.3) is 0 Å². The van der Waals surface area contributed by atoms with Gasteiger partial charge in [0, 0.05) is 13.1 Å². The van der Waals surface area contributed by atoms with E-state index < -0.39 is 6.10 Å². The van der Waals surface area contributed by atoms with Gasteiger partial charge in [-0.25, -0.2) is 0 Å². The van der Waals surface area contributed by atoms with Crippen LogP contribution in [0.2, 0.25) is 0 Å². The number of hydrogen-bond donors (Lipinski definition) is 2. The normalized spacial score (nSPS) is 11.7. The van der Waals surface area contributed by atoms with Gasteiger partial charge in [-0.15, -0.1) is 0 Å². The Kier molecular flexibility index (Phi) is 7.21. The van der Waals surface area contributed by atoms with E-state index in [1.54, 1.807) is 31.2 Å². The highest BCUT2D eigenvalue weighted by molar-refractivity contribution is 5.97. The smallest absolute Gasteiger partial charge is 0.260 e. The topological polar surface area (TPSA) is 67.4 Å². The number of amides is 2. The molecule has 0 saturated heterocycles. The first-order valence-corrected chi connectivity index (χ1v) is 8.83. The van der Waals surface area contributed by atoms with E-state index in [9.17, 15) is 9.59 Å². The highest BCUT2D eigenvalue weighted by Gasteiger charge is 2.18. The zero-order chi connectivity index (χ0) is 18.9. The Morgan fingerprint density at radius 3 is 2.27 bits per heavy atom. The van der Waals surface area contributed by atoms with Gasteiger partial charge in [0.15, 0.2) is 6.10 Å². The Morgan fingerprint density at radius 1 is 0.923 bits per heavy atom. The molecule has 26 heavy (non-hydrogen) atoms. The first-order chi connectivity index (χ1) is 12.5. The summed E-state index contributed by atoms with van der Waals surface area (Å²) in [6.45, 7) is 6.74. The lowest BCUT2D eigenvalue weighted by atomic mass is 10.1. The standard InChI is InChI=1S/C21H26N2O3/c1-15(2)13-22-20(24)16(3)26-19-12-8-7-11-18(19)21(25)23-14-17-9-5-4-6-10-17/h4-12,15-16H,13-14H2,1-3H3,(H,22,24)(H,23,25)/t16-/m0/s1. The van der Waals surface area contributed by atoms with Crippen molar-refractivity contribution in [3.05, 3.63) is 65.7 Å². The molecular weight excluding hydrogens is 328 g/mol. The Labute approximate surface area is 154 Å². The molecule has 0 saturated carbocycles. The monoisotopic (exact) mass is 354 g/mol. The Hall–Kier alpha value is -2.82. The molecule has 2 rings (SSSR count). The van der Waals surface area contributed by atoms with Crippen LogP contribution < -0.4 is 15.4 Å². The van der Waals surface area contributed by atoms with Gasteiger partial charge >= 0.3 is 0 Å². The molecule has 138 valence electrons. The van der Waals surface area contributed by atoms with Gasteiger partial charge in [-0.2, -0.15) is 0 Å². The number of carbonyl (C=O) groups excluding carboxylic acids is 2. The summed E-state index contributed by atoms with van der Waals surface area (Å²) in [4.78, 5) is 24.6. The van der Waals surface area contributed by atoms with Gasteiger partial charge in [0.1, 0.15) is 5.75 Å². The van der Waals surface area contributed by atoms with E-state index in [1.165, 1.54) is 0 Å². The van der Waals surface area contributed by atoms with E-state index in [0.29, 0.717) is 30.3 Å². The third-order valence-electron chi connectivity index (χ3n) is 3.79. The van der Waals surface area contributed by atoms with Crippen molar-refractivity contribution in [1.29, 1.82) is 0 Å². The van der Waals surface area contributed by atoms with Crippen LogP contribution in [0.4, 0.5) is 0 Å². The van der Waals surface area contributed by atoms with Crippen molar-refractivity contribution in [2.45, 2.75) is 33.4 Å². The van der Waals surface area contributed by atoms with Crippen molar-refractivity contribution in [2.24, 2.45) is 5.92 Å². The van der Waals surface area contributed by atoms with Crippen molar-refractivity contribution >= 4 is 11.8 Å². The van der Waals surface area contributed by atoms with Crippen molar-refractivity contribution in [1.82, 2.24) is 10.6 Å². The zero-order valence-electron chi connectivity index (χ0n) is 15.5. The highest BCUT2D eigenvalue weighted by atomic mass is 16.5. The van der Waals surface area contributed by atoms with Gasteiger partial charge in [0.05, 0.1) is 5.56 Å². The van der Waals surface area contributed by atoms with Crippen molar-refractivity contribution in [2.75, 3.05) is 6.54 Å². The Morgan fingerprint density at radius 2 is 1.58 bits per heavy atom. The predicted molar refractivity (Wildman–Crippen MR) is 102 cm³/mol. The molecule has 0 spiro atoms. The van der Waals surface area contributed by atoms with Gasteiger partial charge in [-0.1, -0.05) is 56.3 Å². The molecular formula is C21H26N2O3.